The summed E-state index contributed by atoms with van der Waals surface area (Å²) in [5, 5.41) is 29.0. The zero-order valence-corrected chi connectivity index (χ0v) is 19.4. The molecule has 2 fully saturated rings. The van der Waals surface area contributed by atoms with Gasteiger partial charge in [-0.3, -0.25) is 0 Å². The quantitative estimate of drug-likeness (QED) is 0.0917. The molecule has 31 heavy (non-hydrogen) atoms. The molecule has 6 N–H and O–H groups in total. The molecule has 1 amide bonds. The number of nitrogens with two attached hydrogens (primary N) is 1. The van der Waals surface area contributed by atoms with E-state index in [4.69, 9.17) is 15.2 Å². The predicted molar refractivity (Wildman–Crippen MR) is 125 cm³/mol. The van der Waals surface area contributed by atoms with Crippen LogP contribution in [0.4, 0.5) is 16.2 Å². The van der Waals surface area contributed by atoms with Crippen LogP contribution in [-0.2, 0) is 9.47 Å². The van der Waals surface area contributed by atoms with Crippen molar-refractivity contribution in [2.24, 2.45) is 5.73 Å². The molecule has 1 aromatic rings. The summed E-state index contributed by atoms with van der Waals surface area (Å²) in [5.41, 5.74) is 6.50. The lowest BCUT2D eigenvalue weighted by Gasteiger charge is -2.35. The Balaban J connectivity index is 1.72. The molecule has 2 saturated heterocycles. The molecule has 0 unspecified atom stereocenters. The molecule has 9 nitrogen and oxygen atoms in total. The number of carbonyl (C=O) groups excluding carboxylic acids is 1. The second kappa shape index (κ2) is 8.53. The third-order valence-electron chi connectivity index (χ3n) is 5.94. The maximum absolute atomic E-state index is 11.3. The molecule has 1 aromatic carbocycles. The van der Waals surface area contributed by atoms with Gasteiger partial charge < -0.3 is 41.0 Å². The van der Waals surface area contributed by atoms with Crippen LogP contribution < -0.4 is 21.3 Å². The molecule has 0 aromatic heterocycles. The van der Waals surface area contributed by atoms with E-state index < -0.39 is 11.8 Å². The fraction of sp³-hybridized carbons (Fsp3) is 0.550. The molecule has 0 saturated carbocycles. The first-order valence-corrected chi connectivity index (χ1v) is 12.7. The lowest BCUT2D eigenvalue weighted by atomic mass is 9.94. The van der Waals surface area contributed by atoms with Crippen molar-refractivity contribution < 1.29 is 24.5 Å². The third kappa shape index (κ3) is 3.47. The Hall–Kier alpha value is -1.95. The number of nitrogens with zero attached hydrogens (tertiary/aromatic N) is 1. The van der Waals surface area contributed by atoms with Crippen molar-refractivity contribution in [1.29, 1.82) is 0 Å². The minimum atomic E-state index is -1.00. The van der Waals surface area contributed by atoms with Crippen molar-refractivity contribution in [1.82, 2.24) is 5.32 Å². The highest BCUT2D eigenvalue weighted by Gasteiger charge is 2.69. The van der Waals surface area contributed by atoms with Gasteiger partial charge in [-0.1, -0.05) is 28.5 Å². The number of rotatable bonds is 9. The first-order valence-electron chi connectivity index (χ1n) is 10.2. The summed E-state index contributed by atoms with van der Waals surface area (Å²) < 4.78 is 11.0. The SMILES string of the molecule is CCCSSCCNc1c(C)c(O)c2c(c1O)C(=COC(N)=O)[C@@]1(OC)[C@H]3N[C@H]3CN21. The van der Waals surface area contributed by atoms with Crippen molar-refractivity contribution in [3.8, 4) is 11.5 Å². The Morgan fingerprint density at radius 3 is 2.81 bits per heavy atom. The number of benzene rings is 1. The smallest absolute Gasteiger partial charge is 0.409 e. The maximum Gasteiger partial charge on any atom is 0.409 e. The summed E-state index contributed by atoms with van der Waals surface area (Å²) in [7, 11) is 5.14. The molecule has 4 rings (SSSR count). The number of fused-ring (bicyclic) bond motifs is 5. The molecule has 3 aliphatic heterocycles. The molecule has 3 heterocycles. The summed E-state index contributed by atoms with van der Waals surface area (Å²) in [6, 6.07) is 0.123. The van der Waals surface area contributed by atoms with E-state index in [1.54, 1.807) is 24.8 Å². The molecule has 3 aliphatic rings. The molecule has 11 heteroatoms. The predicted octanol–water partition coefficient (Wildman–Crippen LogP) is 2.56. The molecule has 0 spiro atoms. The zero-order chi connectivity index (χ0) is 22.3. The van der Waals surface area contributed by atoms with Crippen LogP contribution in [0.5, 0.6) is 11.5 Å². The Bertz CT molecular complexity index is 928. The maximum atomic E-state index is 11.3. The number of anilines is 2. The molecule has 0 bridgehead atoms. The Morgan fingerprint density at radius 1 is 1.39 bits per heavy atom. The number of hydrogen-bond donors (Lipinski definition) is 5. The summed E-state index contributed by atoms with van der Waals surface area (Å²) in [6.07, 6.45) is 1.39. The van der Waals surface area contributed by atoms with Gasteiger partial charge in [0.15, 0.2) is 5.72 Å². The number of amides is 1. The van der Waals surface area contributed by atoms with E-state index >= 15 is 0 Å². The minimum absolute atomic E-state index is 0.0149. The lowest BCUT2D eigenvalue weighted by molar-refractivity contribution is 0.0498. The number of methoxy groups -OCH3 is 1. The highest BCUT2D eigenvalue weighted by atomic mass is 33.1. The van der Waals surface area contributed by atoms with Crippen LogP contribution >= 0.6 is 21.6 Å². The van der Waals surface area contributed by atoms with Gasteiger partial charge in [0.05, 0.1) is 28.6 Å². The standard InChI is InChI=1S/C20H28N4O5S2/c1-4-6-30-31-7-5-22-14-10(2)16(25)15-13(17(14)26)11(9-29-19(21)27)20(28-3)18-12(23-18)8-24(15)20/h9,12,18,22-23,25-26H,4-8H2,1-3H3,(H2,21,27)/t12-,18-,20+/m0/s1. The Labute approximate surface area is 189 Å². The number of carbonyl (C=O) groups is 1. The van der Waals surface area contributed by atoms with E-state index in [1.165, 1.54) is 6.26 Å². The molecular formula is C20H28N4O5S2. The summed E-state index contributed by atoms with van der Waals surface area (Å²) in [5.74, 6) is 1.98. The second-order valence-electron chi connectivity index (χ2n) is 7.72. The van der Waals surface area contributed by atoms with Crippen LogP contribution in [0.1, 0.15) is 24.5 Å². The van der Waals surface area contributed by atoms with Crippen LogP contribution in [0.2, 0.25) is 0 Å². The molecular weight excluding hydrogens is 440 g/mol. The van der Waals surface area contributed by atoms with Crippen molar-refractivity contribution >= 4 is 44.6 Å². The van der Waals surface area contributed by atoms with Gasteiger partial charge in [-0.25, -0.2) is 4.79 Å². The van der Waals surface area contributed by atoms with Crippen LogP contribution in [-0.4, -0.2) is 65.8 Å². The van der Waals surface area contributed by atoms with Crippen LogP contribution in [0.3, 0.4) is 0 Å². The van der Waals surface area contributed by atoms with Crippen molar-refractivity contribution in [2.45, 2.75) is 38.1 Å². The largest absolute Gasteiger partial charge is 0.505 e. The molecule has 3 atom stereocenters. The van der Waals surface area contributed by atoms with Gasteiger partial charge in [-0.05, 0) is 13.3 Å². The van der Waals surface area contributed by atoms with E-state index in [0.29, 0.717) is 41.2 Å². The Kier molecular flexibility index (Phi) is 6.12. The number of phenolic OH excluding ortho intramolecular Hbond substituents is 2. The fourth-order valence-electron chi connectivity index (χ4n) is 4.56. The summed E-state index contributed by atoms with van der Waals surface area (Å²) >= 11 is 0. The lowest BCUT2D eigenvalue weighted by Crippen LogP contribution is -2.50. The van der Waals surface area contributed by atoms with Gasteiger partial charge in [0.25, 0.3) is 0 Å². The van der Waals surface area contributed by atoms with Crippen LogP contribution in [0.25, 0.3) is 5.57 Å². The normalized spacial score (nSPS) is 26.5. The van der Waals surface area contributed by atoms with E-state index in [0.717, 1.165) is 17.9 Å². The number of ether oxygens (including phenoxy) is 2. The molecule has 0 aliphatic carbocycles. The number of nitrogens with one attached hydrogen (secondary N) is 2. The van der Waals surface area contributed by atoms with E-state index in [9.17, 15) is 15.0 Å². The van der Waals surface area contributed by atoms with Gasteiger partial charge in [0.1, 0.15) is 17.8 Å². The molecule has 170 valence electrons. The van der Waals surface area contributed by atoms with Crippen molar-refractivity contribution in [2.75, 3.05) is 41.9 Å². The summed E-state index contributed by atoms with van der Waals surface area (Å²) in [4.78, 5) is 13.2. The Morgan fingerprint density at radius 2 is 2.13 bits per heavy atom. The van der Waals surface area contributed by atoms with E-state index in [2.05, 4.69) is 17.6 Å². The minimum Gasteiger partial charge on any atom is -0.505 e. The van der Waals surface area contributed by atoms with Crippen LogP contribution in [0.15, 0.2) is 6.26 Å². The van der Waals surface area contributed by atoms with Gasteiger partial charge in [-0.15, -0.1) is 0 Å². The van der Waals surface area contributed by atoms with Gasteiger partial charge in [-0.2, -0.15) is 0 Å². The third-order valence-corrected chi connectivity index (χ3v) is 8.55. The highest BCUT2D eigenvalue weighted by Crippen LogP contribution is 2.63. The fourth-order valence-corrected chi connectivity index (χ4v) is 6.60. The average Bonchev–Trinajstić information content (AvgIpc) is 3.35. The first-order chi connectivity index (χ1) is 14.9. The number of primary amides is 1. The summed E-state index contributed by atoms with van der Waals surface area (Å²) in [6.45, 7) is 5.12. The average molecular weight is 469 g/mol. The van der Waals surface area contributed by atoms with E-state index in [-0.39, 0.29) is 23.6 Å². The number of phenols is 2. The highest BCUT2D eigenvalue weighted by molar-refractivity contribution is 8.76. The van der Waals surface area contributed by atoms with Gasteiger partial charge in [0.2, 0.25) is 0 Å². The van der Waals surface area contributed by atoms with Crippen molar-refractivity contribution in [3.63, 3.8) is 0 Å². The zero-order valence-electron chi connectivity index (χ0n) is 17.7. The topological polar surface area (TPSA) is 139 Å². The second-order valence-corrected chi connectivity index (χ2v) is 10.4. The first kappa shape index (κ1) is 22.3. The molecule has 0 radical (unpaired) electrons. The number of hydrogen-bond acceptors (Lipinski definition) is 10. The monoisotopic (exact) mass is 468 g/mol. The number of aromatic hydroxyl groups is 2. The van der Waals surface area contributed by atoms with Gasteiger partial charge >= 0.3 is 6.09 Å². The van der Waals surface area contributed by atoms with Crippen LogP contribution in [0, 0.1) is 6.92 Å². The van der Waals surface area contributed by atoms with E-state index in [1.807, 2.05) is 15.7 Å². The van der Waals surface area contributed by atoms with Crippen molar-refractivity contribution in [3.05, 3.63) is 17.4 Å². The van der Waals surface area contributed by atoms with Gasteiger partial charge in [0, 0.05) is 43.3 Å². The number of piperazine rings is 1.